The Labute approximate surface area is 130 Å². The van der Waals surface area contributed by atoms with Gasteiger partial charge in [0, 0.05) is 5.56 Å². The van der Waals surface area contributed by atoms with E-state index in [9.17, 15) is 13.6 Å². The van der Waals surface area contributed by atoms with Gasteiger partial charge >= 0.3 is 0 Å². The molecule has 1 heterocycles. The lowest BCUT2D eigenvalue weighted by Gasteiger charge is -2.02. The van der Waals surface area contributed by atoms with Crippen molar-refractivity contribution in [1.29, 1.82) is 0 Å². The van der Waals surface area contributed by atoms with Crippen molar-refractivity contribution in [1.82, 2.24) is 15.5 Å². The quantitative estimate of drug-likeness (QED) is 0.804. The molecule has 0 atom stereocenters. The largest absolute Gasteiger partial charge is 0.419 e. The first-order chi connectivity index (χ1) is 11.1. The summed E-state index contributed by atoms with van der Waals surface area (Å²) in [6.07, 6.45) is 0. The number of hydrogen-bond donors (Lipinski definition) is 1. The molecule has 0 saturated heterocycles. The van der Waals surface area contributed by atoms with Crippen molar-refractivity contribution >= 4 is 5.91 Å². The van der Waals surface area contributed by atoms with Gasteiger partial charge in [0.05, 0.1) is 12.1 Å². The van der Waals surface area contributed by atoms with Crippen LogP contribution in [0.25, 0.3) is 11.5 Å². The molecule has 0 aliphatic carbocycles. The van der Waals surface area contributed by atoms with E-state index in [2.05, 4.69) is 15.5 Å². The van der Waals surface area contributed by atoms with Crippen molar-refractivity contribution in [3.63, 3.8) is 0 Å². The number of aromatic nitrogens is 2. The van der Waals surface area contributed by atoms with E-state index in [4.69, 9.17) is 4.42 Å². The number of halogens is 2. The molecule has 0 bridgehead atoms. The van der Waals surface area contributed by atoms with Gasteiger partial charge in [0.15, 0.2) is 0 Å². The second-order valence-electron chi connectivity index (χ2n) is 4.67. The lowest BCUT2D eigenvalue weighted by Crippen LogP contribution is -2.23. The highest BCUT2D eigenvalue weighted by molar-refractivity contribution is 5.94. The topological polar surface area (TPSA) is 68.0 Å². The number of hydrogen-bond acceptors (Lipinski definition) is 4. The number of carbonyl (C=O) groups excluding carboxylic acids is 1. The molecule has 7 heteroatoms. The second-order valence-corrected chi connectivity index (χ2v) is 4.67. The summed E-state index contributed by atoms with van der Waals surface area (Å²) in [5.74, 6) is -1.31. The van der Waals surface area contributed by atoms with Gasteiger partial charge in [-0.15, -0.1) is 10.2 Å². The van der Waals surface area contributed by atoms with E-state index >= 15 is 0 Å². The van der Waals surface area contributed by atoms with Gasteiger partial charge in [0.1, 0.15) is 11.6 Å². The summed E-state index contributed by atoms with van der Waals surface area (Å²) in [5.41, 5.74) is 0.363. The van der Waals surface area contributed by atoms with Crippen LogP contribution in [0.3, 0.4) is 0 Å². The summed E-state index contributed by atoms with van der Waals surface area (Å²) < 4.78 is 32.0. The molecule has 0 aliphatic heterocycles. The molecule has 1 N–H and O–H groups in total. The molecule has 0 saturated carbocycles. The van der Waals surface area contributed by atoms with Gasteiger partial charge in [-0.25, -0.2) is 8.78 Å². The number of amides is 1. The molecule has 23 heavy (non-hydrogen) atoms. The molecule has 3 aromatic rings. The number of carbonyl (C=O) groups is 1. The minimum absolute atomic E-state index is 0.0260. The SMILES string of the molecule is O=C(NCc1nnc(-c2ccccc2F)o1)c1cccc(F)c1. The van der Waals surface area contributed by atoms with Gasteiger partial charge in [0.25, 0.3) is 11.8 Å². The number of nitrogens with one attached hydrogen (secondary N) is 1. The minimum atomic E-state index is -0.503. The summed E-state index contributed by atoms with van der Waals surface area (Å²) in [6, 6.07) is 11.3. The Morgan fingerprint density at radius 3 is 2.70 bits per heavy atom. The number of rotatable bonds is 4. The first-order valence-corrected chi connectivity index (χ1v) is 6.74. The Bertz CT molecular complexity index is 849. The minimum Gasteiger partial charge on any atom is -0.419 e. The van der Waals surface area contributed by atoms with Crippen molar-refractivity contribution in [2.75, 3.05) is 0 Å². The predicted octanol–water partition coefficient (Wildman–Crippen LogP) is 2.94. The third-order valence-corrected chi connectivity index (χ3v) is 3.06. The summed E-state index contributed by atoms with van der Waals surface area (Å²) in [6.45, 7) is -0.0448. The van der Waals surface area contributed by atoms with E-state index in [0.717, 1.165) is 6.07 Å². The lowest BCUT2D eigenvalue weighted by atomic mass is 10.2. The maximum absolute atomic E-state index is 13.6. The zero-order valence-electron chi connectivity index (χ0n) is 11.8. The van der Waals surface area contributed by atoms with E-state index in [-0.39, 0.29) is 29.5 Å². The molecule has 3 rings (SSSR count). The van der Waals surface area contributed by atoms with Crippen molar-refractivity contribution < 1.29 is 18.0 Å². The van der Waals surface area contributed by atoms with Crippen molar-refractivity contribution in [2.45, 2.75) is 6.54 Å². The molecule has 1 amide bonds. The Morgan fingerprint density at radius 2 is 1.91 bits per heavy atom. The Kier molecular flexibility index (Phi) is 4.09. The summed E-state index contributed by atoms with van der Waals surface area (Å²) in [5, 5.41) is 10.0. The molecule has 2 aromatic carbocycles. The van der Waals surface area contributed by atoms with Crippen LogP contribution in [-0.4, -0.2) is 16.1 Å². The third kappa shape index (κ3) is 3.39. The first kappa shape index (κ1) is 14.8. The monoisotopic (exact) mass is 315 g/mol. The average Bonchev–Trinajstić information content (AvgIpc) is 3.02. The summed E-state index contributed by atoms with van der Waals surface area (Å²) in [4.78, 5) is 11.9. The fraction of sp³-hybridized carbons (Fsp3) is 0.0625. The molecular formula is C16H11F2N3O2. The van der Waals surface area contributed by atoms with Crippen LogP contribution in [0.15, 0.2) is 52.9 Å². The zero-order valence-corrected chi connectivity index (χ0v) is 11.8. The zero-order chi connectivity index (χ0) is 16.2. The van der Waals surface area contributed by atoms with Crippen LogP contribution in [0.2, 0.25) is 0 Å². The summed E-state index contributed by atoms with van der Waals surface area (Å²) >= 11 is 0. The van der Waals surface area contributed by atoms with E-state index < -0.39 is 17.5 Å². The fourth-order valence-electron chi connectivity index (χ4n) is 1.96. The Morgan fingerprint density at radius 1 is 1.09 bits per heavy atom. The van der Waals surface area contributed by atoms with Gasteiger partial charge in [-0.3, -0.25) is 4.79 Å². The standard InChI is InChI=1S/C16H11F2N3O2/c17-11-5-3-4-10(8-11)15(22)19-9-14-20-21-16(23-14)12-6-1-2-7-13(12)18/h1-8H,9H2,(H,19,22). The smallest absolute Gasteiger partial charge is 0.251 e. The lowest BCUT2D eigenvalue weighted by molar-refractivity contribution is 0.0947. The van der Waals surface area contributed by atoms with Crippen LogP contribution in [-0.2, 0) is 6.54 Å². The van der Waals surface area contributed by atoms with Crippen molar-refractivity contribution in [3.8, 4) is 11.5 Å². The van der Waals surface area contributed by atoms with Gasteiger partial charge in [-0.1, -0.05) is 18.2 Å². The van der Waals surface area contributed by atoms with Crippen molar-refractivity contribution in [3.05, 3.63) is 71.6 Å². The van der Waals surface area contributed by atoms with Gasteiger partial charge in [-0.05, 0) is 30.3 Å². The van der Waals surface area contributed by atoms with E-state index in [0.29, 0.717) is 0 Å². The van der Waals surface area contributed by atoms with Crippen LogP contribution < -0.4 is 5.32 Å². The van der Waals surface area contributed by atoms with Crippen LogP contribution in [0, 0.1) is 11.6 Å². The predicted molar refractivity (Wildman–Crippen MR) is 77.3 cm³/mol. The summed E-state index contributed by atoms with van der Waals surface area (Å²) in [7, 11) is 0. The fourth-order valence-corrected chi connectivity index (χ4v) is 1.96. The molecule has 5 nitrogen and oxygen atoms in total. The highest BCUT2D eigenvalue weighted by atomic mass is 19.1. The van der Waals surface area contributed by atoms with Crippen LogP contribution in [0.1, 0.15) is 16.2 Å². The number of nitrogens with zero attached hydrogens (tertiary/aromatic N) is 2. The van der Waals surface area contributed by atoms with E-state index in [1.807, 2.05) is 0 Å². The maximum atomic E-state index is 13.6. The maximum Gasteiger partial charge on any atom is 0.251 e. The highest BCUT2D eigenvalue weighted by Crippen LogP contribution is 2.20. The normalized spacial score (nSPS) is 10.5. The average molecular weight is 315 g/mol. The van der Waals surface area contributed by atoms with Crippen molar-refractivity contribution in [2.24, 2.45) is 0 Å². The van der Waals surface area contributed by atoms with E-state index in [1.165, 1.54) is 30.3 Å². The molecule has 1 aromatic heterocycles. The van der Waals surface area contributed by atoms with Crippen LogP contribution in [0.4, 0.5) is 8.78 Å². The molecule has 0 spiro atoms. The highest BCUT2D eigenvalue weighted by Gasteiger charge is 2.13. The van der Waals surface area contributed by atoms with E-state index in [1.54, 1.807) is 12.1 Å². The molecule has 0 fully saturated rings. The second kappa shape index (κ2) is 6.35. The Hall–Kier alpha value is -3.09. The van der Waals surface area contributed by atoms with Crippen LogP contribution in [0.5, 0.6) is 0 Å². The third-order valence-electron chi connectivity index (χ3n) is 3.06. The molecule has 0 radical (unpaired) electrons. The molecule has 0 aliphatic rings. The molecular weight excluding hydrogens is 304 g/mol. The van der Waals surface area contributed by atoms with Gasteiger partial charge in [0.2, 0.25) is 5.89 Å². The Balaban J connectivity index is 1.68. The number of benzene rings is 2. The van der Waals surface area contributed by atoms with Gasteiger partial charge in [-0.2, -0.15) is 0 Å². The first-order valence-electron chi connectivity index (χ1n) is 6.74. The molecule has 116 valence electrons. The van der Waals surface area contributed by atoms with Crippen LogP contribution >= 0.6 is 0 Å². The van der Waals surface area contributed by atoms with Gasteiger partial charge < -0.3 is 9.73 Å². The molecule has 0 unspecified atom stereocenters.